The number of nitrogens with one attached hydrogen (secondary N) is 2. The first kappa shape index (κ1) is 14.7. The van der Waals surface area contributed by atoms with Crippen LogP contribution in [0.25, 0.3) is 0 Å². The second-order valence-electron chi connectivity index (χ2n) is 3.81. The molecule has 0 aromatic carbocycles. The van der Waals surface area contributed by atoms with Crippen molar-refractivity contribution in [2.24, 2.45) is 0 Å². The van der Waals surface area contributed by atoms with E-state index in [0.29, 0.717) is 11.7 Å². The molecule has 0 saturated carbocycles. The molecule has 100 valence electrons. The van der Waals surface area contributed by atoms with Gasteiger partial charge in [0, 0.05) is 18.5 Å². The number of hydrogen-bond donors (Lipinski definition) is 2. The van der Waals surface area contributed by atoms with E-state index >= 15 is 0 Å². The number of nitrogens with zero attached hydrogens (tertiary/aromatic N) is 1. The Morgan fingerprint density at radius 2 is 2.50 bits per heavy atom. The van der Waals surface area contributed by atoms with Gasteiger partial charge < -0.3 is 10.1 Å². The third-order valence-corrected chi connectivity index (χ3v) is 3.15. The van der Waals surface area contributed by atoms with Crippen molar-refractivity contribution in [3.8, 4) is 0 Å². The molecule has 1 aromatic rings. The fraction of sp³-hybridized carbons (Fsp3) is 0.500. The molecule has 1 heterocycles. The SMILES string of the molecule is C=CC[C@@H](CC)NC(=O)Nc1nc(COC)cs1. The van der Waals surface area contributed by atoms with Crippen molar-refractivity contribution in [3.05, 3.63) is 23.7 Å². The molecular weight excluding hydrogens is 250 g/mol. The first-order valence-electron chi connectivity index (χ1n) is 5.81. The van der Waals surface area contributed by atoms with Crippen LogP contribution in [0, 0.1) is 0 Å². The molecule has 1 aromatic heterocycles. The molecule has 0 aliphatic heterocycles. The number of ether oxygens (including phenoxy) is 1. The Kier molecular flexibility index (Phi) is 6.38. The van der Waals surface area contributed by atoms with Crippen LogP contribution in [-0.4, -0.2) is 24.2 Å². The summed E-state index contributed by atoms with van der Waals surface area (Å²) in [5, 5.41) is 8.02. The Morgan fingerprint density at radius 1 is 1.72 bits per heavy atom. The van der Waals surface area contributed by atoms with Crippen LogP contribution < -0.4 is 10.6 Å². The van der Waals surface area contributed by atoms with Gasteiger partial charge in [0.2, 0.25) is 0 Å². The van der Waals surface area contributed by atoms with Crippen molar-refractivity contribution in [3.63, 3.8) is 0 Å². The number of thiazole rings is 1. The van der Waals surface area contributed by atoms with Crippen LogP contribution in [-0.2, 0) is 11.3 Å². The number of anilines is 1. The summed E-state index contributed by atoms with van der Waals surface area (Å²) >= 11 is 1.38. The third kappa shape index (κ3) is 4.85. The van der Waals surface area contributed by atoms with E-state index in [2.05, 4.69) is 22.2 Å². The lowest BCUT2D eigenvalue weighted by atomic mass is 10.1. The van der Waals surface area contributed by atoms with Gasteiger partial charge in [-0.15, -0.1) is 17.9 Å². The van der Waals surface area contributed by atoms with Crippen molar-refractivity contribution in [2.45, 2.75) is 32.4 Å². The standard InChI is InChI=1S/C12H19N3O2S/c1-4-6-9(5-2)13-11(16)15-12-14-10(7-17-3)8-18-12/h4,8-9H,1,5-7H2,2-3H3,(H2,13,14,15,16)/t9-/m1/s1. The Morgan fingerprint density at radius 3 is 3.11 bits per heavy atom. The summed E-state index contributed by atoms with van der Waals surface area (Å²) in [5.74, 6) is 0. The quantitative estimate of drug-likeness (QED) is 0.748. The zero-order valence-electron chi connectivity index (χ0n) is 10.7. The van der Waals surface area contributed by atoms with Crippen molar-refractivity contribution in [2.75, 3.05) is 12.4 Å². The maximum Gasteiger partial charge on any atom is 0.321 e. The van der Waals surface area contributed by atoms with Gasteiger partial charge in [0.05, 0.1) is 12.3 Å². The number of rotatable bonds is 7. The van der Waals surface area contributed by atoms with Gasteiger partial charge in [-0.3, -0.25) is 5.32 Å². The molecule has 0 aliphatic carbocycles. The van der Waals surface area contributed by atoms with Gasteiger partial charge in [-0.2, -0.15) is 0 Å². The second kappa shape index (κ2) is 7.84. The lowest BCUT2D eigenvalue weighted by Gasteiger charge is -2.14. The molecule has 2 amide bonds. The van der Waals surface area contributed by atoms with E-state index < -0.39 is 0 Å². The Balaban J connectivity index is 2.45. The maximum absolute atomic E-state index is 11.7. The molecule has 1 rings (SSSR count). The first-order chi connectivity index (χ1) is 8.69. The van der Waals surface area contributed by atoms with Crippen molar-refractivity contribution in [1.82, 2.24) is 10.3 Å². The van der Waals surface area contributed by atoms with Crippen LogP contribution >= 0.6 is 11.3 Å². The molecule has 0 bridgehead atoms. The highest BCUT2D eigenvalue weighted by Gasteiger charge is 2.10. The monoisotopic (exact) mass is 269 g/mol. The smallest absolute Gasteiger partial charge is 0.321 e. The lowest BCUT2D eigenvalue weighted by Crippen LogP contribution is -2.37. The van der Waals surface area contributed by atoms with Gasteiger partial charge in [-0.1, -0.05) is 13.0 Å². The van der Waals surface area contributed by atoms with Crippen LogP contribution in [0.3, 0.4) is 0 Å². The minimum Gasteiger partial charge on any atom is -0.378 e. The largest absolute Gasteiger partial charge is 0.378 e. The number of carbonyl (C=O) groups is 1. The van der Waals surface area contributed by atoms with E-state index in [1.807, 2.05) is 12.3 Å². The summed E-state index contributed by atoms with van der Waals surface area (Å²) in [6.45, 7) is 6.14. The molecule has 0 spiro atoms. The summed E-state index contributed by atoms with van der Waals surface area (Å²) in [6.07, 6.45) is 3.43. The minimum atomic E-state index is -0.234. The predicted molar refractivity (Wildman–Crippen MR) is 73.9 cm³/mol. The summed E-state index contributed by atoms with van der Waals surface area (Å²) in [4.78, 5) is 15.9. The van der Waals surface area contributed by atoms with Gasteiger partial charge in [-0.05, 0) is 12.8 Å². The van der Waals surface area contributed by atoms with Crippen molar-refractivity contribution in [1.29, 1.82) is 0 Å². The molecule has 2 N–H and O–H groups in total. The van der Waals surface area contributed by atoms with Gasteiger partial charge in [0.1, 0.15) is 0 Å². The Hall–Kier alpha value is -1.40. The molecule has 6 heteroatoms. The number of aromatic nitrogens is 1. The summed E-state index contributed by atoms with van der Waals surface area (Å²) in [7, 11) is 1.61. The number of urea groups is 1. The number of hydrogen-bond acceptors (Lipinski definition) is 4. The Labute approximate surface area is 111 Å². The fourth-order valence-corrected chi connectivity index (χ4v) is 2.12. The van der Waals surface area contributed by atoms with E-state index in [0.717, 1.165) is 18.5 Å². The lowest BCUT2D eigenvalue weighted by molar-refractivity contribution is 0.182. The molecule has 0 radical (unpaired) electrons. The van der Waals surface area contributed by atoms with Crippen LogP contribution in [0.2, 0.25) is 0 Å². The Bertz CT molecular complexity index is 392. The highest BCUT2D eigenvalue weighted by molar-refractivity contribution is 7.13. The van der Waals surface area contributed by atoms with Crippen LogP contribution in [0.4, 0.5) is 9.93 Å². The number of carbonyl (C=O) groups excluding carboxylic acids is 1. The molecule has 1 atom stereocenters. The van der Waals surface area contributed by atoms with Crippen molar-refractivity contribution < 1.29 is 9.53 Å². The molecule has 0 fully saturated rings. The average molecular weight is 269 g/mol. The van der Waals surface area contributed by atoms with E-state index in [1.54, 1.807) is 13.2 Å². The fourth-order valence-electron chi connectivity index (χ4n) is 1.43. The molecule has 0 saturated heterocycles. The molecule has 18 heavy (non-hydrogen) atoms. The highest BCUT2D eigenvalue weighted by Crippen LogP contribution is 2.15. The predicted octanol–water partition coefficient (Wildman–Crippen LogP) is 2.77. The normalized spacial score (nSPS) is 11.9. The summed E-state index contributed by atoms with van der Waals surface area (Å²) in [5.41, 5.74) is 0.816. The maximum atomic E-state index is 11.7. The zero-order chi connectivity index (χ0) is 13.4. The van der Waals surface area contributed by atoms with Gasteiger partial charge >= 0.3 is 6.03 Å². The molecule has 5 nitrogen and oxygen atoms in total. The number of amides is 2. The summed E-state index contributed by atoms with van der Waals surface area (Å²) < 4.78 is 4.96. The van der Waals surface area contributed by atoms with Gasteiger partial charge in [-0.25, -0.2) is 9.78 Å². The van der Waals surface area contributed by atoms with Crippen LogP contribution in [0.5, 0.6) is 0 Å². The van der Waals surface area contributed by atoms with E-state index in [4.69, 9.17) is 4.74 Å². The molecule has 0 aliphatic rings. The van der Waals surface area contributed by atoms with Crippen LogP contribution in [0.15, 0.2) is 18.0 Å². The minimum absolute atomic E-state index is 0.112. The van der Waals surface area contributed by atoms with E-state index in [9.17, 15) is 4.79 Å². The molecule has 0 unspecified atom stereocenters. The van der Waals surface area contributed by atoms with Gasteiger partial charge in [0.25, 0.3) is 0 Å². The van der Waals surface area contributed by atoms with E-state index in [1.165, 1.54) is 11.3 Å². The summed E-state index contributed by atoms with van der Waals surface area (Å²) in [6, 6.07) is -0.122. The average Bonchev–Trinajstić information content (AvgIpc) is 2.76. The van der Waals surface area contributed by atoms with Crippen LogP contribution in [0.1, 0.15) is 25.5 Å². The number of methoxy groups -OCH3 is 1. The van der Waals surface area contributed by atoms with Gasteiger partial charge in [0.15, 0.2) is 5.13 Å². The van der Waals surface area contributed by atoms with E-state index in [-0.39, 0.29) is 12.1 Å². The zero-order valence-corrected chi connectivity index (χ0v) is 11.5. The van der Waals surface area contributed by atoms with Crippen molar-refractivity contribution >= 4 is 22.5 Å². The third-order valence-electron chi connectivity index (χ3n) is 2.34. The highest BCUT2D eigenvalue weighted by atomic mass is 32.1. The first-order valence-corrected chi connectivity index (χ1v) is 6.69. The molecular formula is C12H19N3O2S. The topological polar surface area (TPSA) is 63.2 Å². The second-order valence-corrected chi connectivity index (χ2v) is 4.66.